The Balaban J connectivity index is 1.36. The van der Waals surface area contributed by atoms with Gasteiger partial charge in [-0.1, -0.05) is 29.8 Å². The van der Waals surface area contributed by atoms with Gasteiger partial charge in [-0.2, -0.15) is 0 Å². The van der Waals surface area contributed by atoms with Gasteiger partial charge in [0.2, 0.25) is 0 Å². The fourth-order valence-electron chi connectivity index (χ4n) is 3.75. The molecule has 0 radical (unpaired) electrons. The molecule has 0 unspecified atom stereocenters. The molecular weight excluding hydrogens is 356 g/mol. The van der Waals surface area contributed by atoms with Gasteiger partial charge in [0.15, 0.2) is 5.82 Å². The van der Waals surface area contributed by atoms with Gasteiger partial charge in [-0.05, 0) is 35.9 Å². The van der Waals surface area contributed by atoms with Gasteiger partial charge in [-0.15, -0.1) is 0 Å². The van der Waals surface area contributed by atoms with Gasteiger partial charge in [0.25, 0.3) is 0 Å². The lowest BCUT2D eigenvalue weighted by atomic mass is 10.1. The SMILES string of the molecule is Clc1ccc(-c2ncc3c(n2)CCN(Cc2c[nH]c4ccccc24)C3)cc1. The summed E-state index contributed by atoms with van der Waals surface area (Å²) in [5.41, 5.74) is 5.92. The zero-order chi connectivity index (χ0) is 18.2. The van der Waals surface area contributed by atoms with Gasteiger partial charge in [-0.25, -0.2) is 9.97 Å². The molecule has 4 nitrogen and oxygen atoms in total. The Kier molecular flexibility index (Phi) is 4.15. The Morgan fingerprint density at radius 3 is 2.81 bits per heavy atom. The number of aromatic nitrogens is 3. The summed E-state index contributed by atoms with van der Waals surface area (Å²) >= 11 is 5.98. The van der Waals surface area contributed by atoms with Crippen molar-refractivity contribution in [1.29, 1.82) is 0 Å². The second kappa shape index (κ2) is 6.80. The Bertz CT molecular complexity index is 1100. The van der Waals surface area contributed by atoms with Crippen LogP contribution < -0.4 is 0 Å². The van der Waals surface area contributed by atoms with Crippen LogP contribution in [0.5, 0.6) is 0 Å². The van der Waals surface area contributed by atoms with Crippen LogP contribution in [0.15, 0.2) is 60.9 Å². The maximum atomic E-state index is 5.98. The lowest BCUT2D eigenvalue weighted by molar-refractivity contribution is 0.244. The number of benzene rings is 2. The third kappa shape index (κ3) is 3.22. The van der Waals surface area contributed by atoms with Crippen LogP contribution in [0.4, 0.5) is 0 Å². The quantitative estimate of drug-likeness (QED) is 0.558. The highest BCUT2D eigenvalue weighted by Crippen LogP contribution is 2.25. The first-order valence-corrected chi connectivity index (χ1v) is 9.52. The largest absolute Gasteiger partial charge is 0.361 e. The summed E-state index contributed by atoms with van der Waals surface area (Å²) in [4.78, 5) is 15.2. The van der Waals surface area contributed by atoms with E-state index in [0.717, 1.165) is 48.2 Å². The van der Waals surface area contributed by atoms with E-state index in [1.165, 1.54) is 22.0 Å². The van der Waals surface area contributed by atoms with Gasteiger partial charge in [-0.3, -0.25) is 4.90 Å². The maximum Gasteiger partial charge on any atom is 0.159 e. The summed E-state index contributed by atoms with van der Waals surface area (Å²) in [6.45, 7) is 2.82. The van der Waals surface area contributed by atoms with Crippen LogP contribution in [0.25, 0.3) is 22.3 Å². The second-order valence-electron chi connectivity index (χ2n) is 6.99. The molecule has 5 heteroatoms. The monoisotopic (exact) mass is 374 g/mol. The zero-order valence-electron chi connectivity index (χ0n) is 14.8. The highest BCUT2D eigenvalue weighted by Gasteiger charge is 2.19. The molecule has 1 aliphatic rings. The van der Waals surface area contributed by atoms with Gasteiger partial charge in [0.1, 0.15) is 0 Å². The van der Waals surface area contributed by atoms with E-state index in [0.29, 0.717) is 0 Å². The fourth-order valence-corrected chi connectivity index (χ4v) is 3.88. The smallest absolute Gasteiger partial charge is 0.159 e. The number of fused-ring (bicyclic) bond motifs is 2. The number of halogens is 1. The van der Waals surface area contributed by atoms with Crippen LogP contribution in [-0.2, 0) is 19.5 Å². The molecule has 0 saturated carbocycles. The van der Waals surface area contributed by atoms with Crippen molar-refractivity contribution in [2.24, 2.45) is 0 Å². The maximum absolute atomic E-state index is 5.98. The third-order valence-corrected chi connectivity index (χ3v) is 5.44. The molecular formula is C22H19ClN4. The molecule has 0 bridgehead atoms. The number of aromatic amines is 1. The fraction of sp³-hybridized carbons (Fsp3) is 0.182. The zero-order valence-corrected chi connectivity index (χ0v) is 15.6. The summed E-state index contributed by atoms with van der Waals surface area (Å²) in [6.07, 6.45) is 5.05. The van der Waals surface area contributed by atoms with Crippen molar-refractivity contribution in [2.75, 3.05) is 6.54 Å². The summed E-state index contributed by atoms with van der Waals surface area (Å²) in [5, 5.41) is 2.03. The molecule has 4 aromatic rings. The highest BCUT2D eigenvalue weighted by atomic mass is 35.5. The van der Waals surface area contributed by atoms with Crippen molar-refractivity contribution < 1.29 is 0 Å². The van der Waals surface area contributed by atoms with Crippen LogP contribution in [0.3, 0.4) is 0 Å². The second-order valence-corrected chi connectivity index (χ2v) is 7.43. The minimum absolute atomic E-state index is 0.727. The summed E-state index contributed by atoms with van der Waals surface area (Å²) in [6, 6.07) is 16.2. The molecule has 1 aliphatic heterocycles. The Labute approximate surface area is 162 Å². The van der Waals surface area contributed by atoms with Crippen molar-refractivity contribution in [3.05, 3.63) is 82.8 Å². The van der Waals surface area contributed by atoms with E-state index in [2.05, 4.69) is 45.3 Å². The van der Waals surface area contributed by atoms with Crippen molar-refractivity contribution in [3.63, 3.8) is 0 Å². The van der Waals surface area contributed by atoms with Crippen LogP contribution >= 0.6 is 11.6 Å². The Morgan fingerprint density at radius 1 is 1.07 bits per heavy atom. The van der Waals surface area contributed by atoms with E-state index in [1.54, 1.807) is 0 Å². The van der Waals surface area contributed by atoms with E-state index < -0.39 is 0 Å². The number of rotatable bonds is 3. The summed E-state index contributed by atoms with van der Waals surface area (Å²) in [7, 11) is 0. The number of hydrogen-bond donors (Lipinski definition) is 1. The standard InChI is InChI=1S/C22H19ClN4/c23-18-7-5-15(6-8-18)22-25-12-17-14-27(10-9-20(17)26-22)13-16-11-24-21-4-2-1-3-19(16)21/h1-8,11-12,24H,9-10,13-14H2. The van der Waals surface area contributed by atoms with Crippen molar-refractivity contribution in [3.8, 4) is 11.4 Å². The number of nitrogens with one attached hydrogen (secondary N) is 1. The number of nitrogens with zero attached hydrogens (tertiary/aromatic N) is 3. The first-order valence-electron chi connectivity index (χ1n) is 9.14. The molecule has 0 spiro atoms. The van der Waals surface area contributed by atoms with E-state index >= 15 is 0 Å². The molecule has 1 N–H and O–H groups in total. The van der Waals surface area contributed by atoms with Crippen LogP contribution in [0.1, 0.15) is 16.8 Å². The Hall–Kier alpha value is -2.69. The Morgan fingerprint density at radius 2 is 1.93 bits per heavy atom. The van der Waals surface area contributed by atoms with E-state index in [4.69, 9.17) is 16.6 Å². The first kappa shape index (κ1) is 16.5. The first-order chi connectivity index (χ1) is 13.3. The minimum atomic E-state index is 0.727. The van der Waals surface area contributed by atoms with Crippen LogP contribution in [0.2, 0.25) is 5.02 Å². The molecule has 2 aromatic carbocycles. The van der Waals surface area contributed by atoms with Crippen molar-refractivity contribution in [1.82, 2.24) is 19.9 Å². The normalized spacial score (nSPS) is 14.4. The van der Waals surface area contributed by atoms with E-state index in [-0.39, 0.29) is 0 Å². The molecule has 3 heterocycles. The average molecular weight is 375 g/mol. The summed E-state index contributed by atoms with van der Waals surface area (Å²) in [5.74, 6) is 0.774. The lowest BCUT2D eigenvalue weighted by Crippen LogP contribution is -2.30. The molecule has 134 valence electrons. The van der Waals surface area contributed by atoms with Gasteiger partial charge < -0.3 is 4.98 Å². The van der Waals surface area contributed by atoms with Crippen molar-refractivity contribution >= 4 is 22.5 Å². The average Bonchev–Trinajstić information content (AvgIpc) is 3.11. The number of H-pyrrole nitrogens is 1. The van der Waals surface area contributed by atoms with Crippen LogP contribution in [-0.4, -0.2) is 26.4 Å². The third-order valence-electron chi connectivity index (χ3n) is 5.18. The van der Waals surface area contributed by atoms with Crippen LogP contribution in [0, 0.1) is 0 Å². The van der Waals surface area contributed by atoms with Gasteiger partial charge in [0, 0.05) is 65.5 Å². The van der Waals surface area contributed by atoms with E-state index in [9.17, 15) is 0 Å². The van der Waals surface area contributed by atoms with Gasteiger partial charge >= 0.3 is 0 Å². The summed E-state index contributed by atoms with van der Waals surface area (Å²) < 4.78 is 0. The van der Waals surface area contributed by atoms with E-state index in [1.807, 2.05) is 30.5 Å². The number of hydrogen-bond acceptors (Lipinski definition) is 3. The molecule has 0 aliphatic carbocycles. The van der Waals surface area contributed by atoms with Gasteiger partial charge in [0.05, 0.1) is 5.69 Å². The lowest BCUT2D eigenvalue weighted by Gasteiger charge is -2.27. The number of para-hydroxylation sites is 1. The van der Waals surface area contributed by atoms with Crippen molar-refractivity contribution in [2.45, 2.75) is 19.5 Å². The molecule has 2 aromatic heterocycles. The molecule has 0 atom stereocenters. The molecule has 0 fully saturated rings. The molecule has 0 saturated heterocycles. The molecule has 0 amide bonds. The molecule has 27 heavy (non-hydrogen) atoms. The minimum Gasteiger partial charge on any atom is -0.361 e. The predicted molar refractivity (Wildman–Crippen MR) is 109 cm³/mol. The topological polar surface area (TPSA) is 44.8 Å². The predicted octanol–water partition coefficient (Wildman–Crippen LogP) is 4.84. The highest BCUT2D eigenvalue weighted by molar-refractivity contribution is 6.30. The molecule has 5 rings (SSSR count).